The van der Waals surface area contributed by atoms with Crippen molar-refractivity contribution in [2.24, 2.45) is 0 Å². The van der Waals surface area contributed by atoms with E-state index in [1.807, 2.05) is 50.2 Å². The molecule has 7 heteroatoms. The van der Waals surface area contributed by atoms with E-state index in [-0.39, 0.29) is 12.6 Å². The van der Waals surface area contributed by atoms with Crippen molar-refractivity contribution in [2.75, 3.05) is 17.2 Å². The molecule has 25 heavy (non-hydrogen) atoms. The lowest BCUT2D eigenvalue weighted by molar-refractivity contribution is 0.281. The van der Waals surface area contributed by atoms with Crippen LogP contribution in [0.15, 0.2) is 58.3 Å². The van der Waals surface area contributed by atoms with E-state index in [0.29, 0.717) is 17.5 Å². The highest BCUT2D eigenvalue weighted by atomic mass is 32.2. The molecule has 0 fully saturated rings. The van der Waals surface area contributed by atoms with Crippen LogP contribution in [0.4, 0.5) is 17.5 Å². The van der Waals surface area contributed by atoms with E-state index in [1.165, 1.54) is 0 Å². The van der Waals surface area contributed by atoms with Crippen molar-refractivity contribution in [3.8, 4) is 0 Å². The van der Waals surface area contributed by atoms with Crippen LogP contribution in [0, 0.1) is 6.92 Å². The third kappa shape index (κ3) is 4.98. The number of benzene rings is 1. The number of hydrogen-bond acceptors (Lipinski definition) is 6. The first-order chi connectivity index (χ1) is 12.1. The van der Waals surface area contributed by atoms with Gasteiger partial charge in [0.1, 0.15) is 11.6 Å². The van der Waals surface area contributed by atoms with E-state index in [9.17, 15) is 5.11 Å². The highest BCUT2D eigenvalue weighted by Gasteiger charge is 2.08. The Morgan fingerprint density at radius 1 is 1.08 bits per heavy atom. The molecule has 6 nitrogen and oxygen atoms in total. The van der Waals surface area contributed by atoms with Gasteiger partial charge in [0.25, 0.3) is 0 Å². The molecule has 0 aliphatic carbocycles. The zero-order chi connectivity index (χ0) is 17.6. The van der Waals surface area contributed by atoms with Gasteiger partial charge in [-0.1, -0.05) is 30.0 Å². The number of aromatic nitrogens is 3. The first kappa shape index (κ1) is 17.3. The Morgan fingerprint density at radius 2 is 1.84 bits per heavy atom. The molecule has 130 valence electrons. The van der Waals surface area contributed by atoms with Crippen LogP contribution in [0.3, 0.4) is 0 Å². The summed E-state index contributed by atoms with van der Waals surface area (Å²) in [6.07, 6.45) is 0. The lowest BCUT2D eigenvalue weighted by atomic mass is 10.3. The van der Waals surface area contributed by atoms with Crippen LogP contribution in [0.1, 0.15) is 12.6 Å². The minimum absolute atomic E-state index is 0.0407. The monoisotopic (exact) mass is 355 g/mol. The van der Waals surface area contributed by atoms with Gasteiger partial charge in [0.2, 0.25) is 0 Å². The number of rotatable bonds is 7. The summed E-state index contributed by atoms with van der Waals surface area (Å²) in [5, 5.41) is 22.8. The van der Waals surface area contributed by atoms with Crippen molar-refractivity contribution in [3.05, 3.63) is 54.2 Å². The van der Waals surface area contributed by atoms with Gasteiger partial charge in [0, 0.05) is 27.6 Å². The van der Waals surface area contributed by atoms with Crippen molar-refractivity contribution in [3.63, 3.8) is 0 Å². The second kappa shape index (κ2) is 8.04. The SMILES string of the molecule is Cc1cc(Nc2cc(Sc3ccccc3)cc(N[C@H](C)CO)n2)n[nH]1. The van der Waals surface area contributed by atoms with Crippen LogP contribution in [-0.4, -0.2) is 32.9 Å². The number of nitrogens with one attached hydrogen (secondary N) is 3. The smallest absolute Gasteiger partial charge is 0.153 e. The maximum absolute atomic E-state index is 9.28. The molecule has 2 heterocycles. The van der Waals surface area contributed by atoms with Crippen molar-refractivity contribution in [1.29, 1.82) is 0 Å². The van der Waals surface area contributed by atoms with Gasteiger partial charge >= 0.3 is 0 Å². The topological polar surface area (TPSA) is 85.9 Å². The quantitative estimate of drug-likeness (QED) is 0.516. The summed E-state index contributed by atoms with van der Waals surface area (Å²) in [6.45, 7) is 3.89. The summed E-state index contributed by atoms with van der Waals surface area (Å²) in [7, 11) is 0. The average Bonchev–Trinajstić information content (AvgIpc) is 3.00. The number of H-pyrrole nitrogens is 1. The first-order valence-corrected chi connectivity index (χ1v) is 8.85. The van der Waals surface area contributed by atoms with E-state index < -0.39 is 0 Å². The minimum atomic E-state index is -0.0787. The molecule has 0 saturated heterocycles. The van der Waals surface area contributed by atoms with Crippen molar-refractivity contribution < 1.29 is 5.11 Å². The van der Waals surface area contributed by atoms with Gasteiger partial charge in [0.05, 0.1) is 6.61 Å². The Hall–Kier alpha value is -2.51. The standard InChI is InChI=1S/C18H21N5OS/c1-12-8-18(23-22-12)21-17-10-15(25-14-6-4-3-5-7-14)9-16(20-17)19-13(2)11-24/h3-10,13,24H,11H2,1-2H3,(H3,19,20,21,22,23)/t13-/m1/s1. The predicted octanol–water partition coefficient (Wildman–Crippen LogP) is 3.80. The molecular weight excluding hydrogens is 334 g/mol. The number of aryl methyl sites for hydroxylation is 1. The van der Waals surface area contributed by atoms with Gasteiger partial charge in [-0.05, 0) is 38.1 Å². The normalized spacial score (nSPS) is 12.0. The Bertz CT molecular complexity index is 821. The molecule has 3 aromatic rings. The summed E-state index contributed by atoms with van der Waals surface area (Å²) in [5.41, 5.74) is 0.976. The molecule has 0 unspecified atom stereocenters. The van der Waals surface area contributed by atoms with Crippen LogP contribution in [-0.2, 0) is 0 Å². The zero-order valence-corrected chi connectivity index (χ0v) is 15.0. The van der Waals surface area contributed by atoms with Gasteiger partial charge in [-0.15, -0.1) is 0 Å². The largest absolute Gasteiger partial charge is 0.394 e. The molecule has 0 aliphatic rings. The molecule has 2 aromatic heterocycles. The van der Waals surface area contributed by atoms with Gasteiger partial charge in [0.15, 0.2) is 5.82 Å². The number of hydrogen-bond donors (Lipinski definition) is 4. The van der Waals surface area contributed by atoms with Crippen molar-refractivity contribution in [1.82, 2.24) is 15.2 Å². The Balaban J connectivity index is 1.87. The molecule has 0 bridgehead atoms. The third-order valence-electron chi connectivity index (χ3n) is 3.41. The zero-order valence-electron chi connectivity index (χ0n) is 14.2. The lowest BCUT2D eigenvalue weighted by Gasteiger charge is -2.14. The van der Waals surface area contributed by atoms with Gasteiger partial charge < -0.3 is 15.7 Å². The molecular formula is C18H21N5OS. The van der Waals surface area contributed by atoms with E-state index >= 15 is 0 Å². The number of anilines is 3. The highest BCUT2D eigenvalue weighted by Crippen LogP contribution is 2.31. The van der Waals surface area contributed by atoms with Crippen LogP contribution < -0.4 is 10.6 Å². The van der Waals surface area contributed by atoms with Crippen LogP contribution in [0.2, 0.25) is 0 Å². The third-order valence-corrected chi connectivity index (χ3v) is 4.39. The fourth-order valence-corrected chi connectivity index (χ4v) is 3.14. The summed E-state index contributed by atoms with van der Waals surface area (Å²) in [4.78, 5) is 6.76. The Labute approximate surface area is 151 Å². The average molecular weight is 355 g/mol. The van der Waals surface area contributed by atoms with Crippen LogP contribution >= 0.6 is 11.8 Å². The Morgan fingerprint density at radius 3 is 2.52 bits per heavy atom. The van der Waals surface area contributed by atoms with E-state index in [2.05, 4.69) is 37.9 Å². The Kier molecular flexibility index (Phi) is 5.57. The molecule has 0 amide bonds. The second-order valence-electron chi connectivity index (χ2n) is 5.78. The van der Waals surface area contributed by atoms with E-state index in [1.54, 1.807) is 11.8 Å². The maximum atomic E-state index is 9.28. The number of aliphatic hydroxyl groups excluding tert-OH is 1. The number of aliphatic hydroxyl groups is 1. The molecule has 3 rings (SSSR count). The number of nitrogens with zero attached hydrogens (tertiary/aromatic N) is 2. The summed E-state index contributed by atoms with van der Waals surface area (Å²) < 4.78 is 0. The van der Waals surface area contributed by atoms with Gasteiger partial charge in [-0.3, -0.25) is 5.10 Å². The number of pyridine rings is 1. The molecule has 0 saturated carbocycles. The van der Waals surface area contributed by atoms with E-state index in [0.717, 1.165) is 15.5 Å². The van der Waals surface area contributed by atoms with Crippen molar-refractivity contribution in [2.45, 2.75) is 29.7 Å². The van der Waals surface area contributed by atoms with Gasteiger partial charge in [-0.25, -0.2) is 4.98 Å². The van der Waals surface area contributed by atoms with Crippen LogP contribution in [0.5, 0.6) is 0 Å². The molecule has 0 radical (unpaired) electrons. The van der Waals surface area contributed by atoms with E-state index in [4.69, 9.17) is 0 Å². The summed E-state index contributed by atoms with van der Waals surface area (Å²) >= 11 is 1.66. The maximum Gasteiger partial charge on any atom is 0.153 e. The highest BCUT2D eigenvalue weighted by molar-refractivity contribution is 7.99. The lowest BCUT2D eigenvalue weighted by Crippen LogP contribution is -2.20. The molecule has 4 N–H and O–H groups in total. The second-order valence-corrected chi connectivity index (χ2v) is 6.92. The van der Waals surface area contributed by atoms with Gasteiger partial charge in [-0.2, -0.15) is 5.10 Å². The summed E-state index contributed by atoms with van der Waals surface area (Å²) in [5.74, 6) is 2.12. The molecule has 0 aliphatic heterocycles. The first-order valence-electron chi connectivity index (χ1n) is 8.04. The summed E-state index contributed by atoms with van der Waals surface area (Å²) in [6, 6.07) is 16.0. The fraction of sp³-hybridized carbons (Fsp3) is 0.222. The number of aromatic amines is 1. The fourth-order valence-electron chi connectivity index (χ4n) is 2.24. The van der Waals surface area contributed by atoms with Crippen LogP contribution in [0.25, 0.3) is 0 Å². The minimum Gasteiger partial charge on any atom is -0.394 e. The molecule has 0 spiro atoms. The molecule has 1 atom stereocenters. The molecule has 1 aromatic carbocycles. The van der Waals surface area contributed by atoms with Crippen molar-refractivity contribution >= 4 is 29.2 Å². The predicted molar refractivity (Wildman–Crippen MR) is 102 cm³/mol.